The summed E-state index contributed by atoms with van der Waals surface area (Å²) in [5, 5.41) is 3.51. The molecule has 1 aliphatic heterocycles. The van der Waals surface area contributed by atoms with E-state index < -0.39 is 0 Å². The highest BCUT2D eigenvalue weighted by Crippen LogP contribution is 2.06. The van der Waals surface area contributed by atoms with Crippen LogP contribution in [-0.2, 0) is 11.3 Å². The van der Waals surface area contributed by atoms with Gasteiger partial charge in [0.1, 0.15) is 4.60 Å². The van der Waals surface area contributed by atoms with E-state index in [9.17, 15) is 0 Å². The van der Waals surface area contributed by atoms with Crippen molar-refractivity contribution in [2.24, 2.45) is 0 Å². The molecule has 0 aliphatic carbocycles. The summed E-state index contributed by atoms with van der Waals surface area (Å²) in [5.74, 6) is 0. The Morgan fingerprint density at radius 3 is 2.94 bits per heavy atom. The van der Waals surface area contributed by atoms with E-state index in [1.807, 2.05) is 18.2 Å². The van der Waals surface area contributed by atoms with Crippen LogP contribution < -0.4 is 5.32 Å². The standard InChI is InChI=1S/C13H20BrN3O/c1-11(10-17-5-7-18-8-6-17)15-9-12-3-2-4-13(14)16-12/h2-4,11,15H,5-10H2,1H3. The van der Waals surface area contributed by atoms with Crippen molar-refractivity contribution in [1.82, 2.24) is 15.2 Å². The van der Waals surface area contributed by atoms with Crippen LogP contribution in [0.15, 0.2) is 22.8 Å². The van der Waals surface area contributed by atoms with Gasteiger partial charge in [-0.3, -0.25) is 4.90 Å². The topological polar surface area (TPSA) is 37.4 Å². The third-order valence-corrected chi connectivity index (χ3v) is 3.48. The van der Waals surface area contributed by atoms with Crippen LogP contribution in [0.4, 0.5) is 0 Å². The second-order valence-corrected chi connectivity index (χ2v) is 5.46. The number of halogens is 1. The Bertz CT molecular complexity index is 369. The fraction of sp³-hybridized carbons (Fsp3) is 0.615. The lowest BCUT2D eigenvalue weighted by atomic mass is 10.2. The lowest BCUT2D eigenvalue weighted by Crippen LogP contribution is -2.44. The Kier molecular flexibility index (Phi) is 5.56. The molecule has 1 aliphatic rings. The molecule has 4 nitrogen and oxygen atoms in total. The van der Waals surface area contributed by atoms with Crippen molar-refractivity contribution in [3.05, 3.63) is 28.5 Å². The number of hydrogen-bond acceptors (Lipinski definition) is 4. The molecule has 0 aromatic carbocycles. The van der Waals surface area contributed by atoms with E-state index >= 15 is 0 Å². The van der Waals surface area contributed by atoms with Gasteiger partial charge < -0.3 is 10.1 Å². The average Bonchev–Trinajstić information content (AvgIpc) is 2.38. The van der Waals surface area contributed by atoms with Gasteiger partial charge in [-0.15, -0.1) is 0 Å². The van der Waals surface area contributed by atoms with Crippen molar-refractivity contribution in [2.75, 3.05) is 32.8 Å². The van der Waals surface area contributed by atoms with Gasteiger partial charge in [-0.05, 0) is 35.0 Å². The normalized spacial score (nSPS) is 18.8. The van der Waals surface area contributed by atoms with Crippen molar-refractivity contribution in [1.29, 1.82) is 0 Å². The van der Waals surface area contributed by atoms with Gasteiger partial charge in [-0.2, -0.15) is 0 Å². The summed E-state index contributed by atoms with van der Waals surface area (Å²) in [7, 11) is 0. The monoisotopic (exact) mass is 313 g/mol. The van der Waals surface area contributed by atoms with Crippen molar-refractivity contribution in [2.45, 2.75) is 19.5 Å². The first kappa shape index (κ1) is 13.9. The molecule has 0 amide bonds. The molecule has 0 saturated carbocycles. The van der Waals surface area contributed by atoms with Gasteiger partial charge >= 0.3 is 0 Å². The zero-order valence-corrected chi connectivity index (χ0v) is 12.3. The van der Waals surface area contributed by atoms with Crippen LogP contribution in [0.5, 0.6) is 0 Å². The van der Waals surface area contributed by atoms with E-state index in [1.54, 1.807) is 0 Å². The van der Waals surface area contributed by atoms with Crippen LogP contribution in [-0.4, -0.2) is 48.8 Å². The van der Waals surface area contributed by atoms with Gasteiger partial charge in [0.2, 0.25) is 0 Å². The maximum absolute atomic E-state index is 5.35. The van der Waals surface area contributed by atoms with E-state index in [0.29, 0.717) is 6.04 Å². The predicted octanol–water partition coefficient (Wildman–Crippen LogP) is 1.65. The third-order valence-electron chi connectivity index (χ3n) is 3.04. The van der Waals surface area contributed by atoms with E-state index in [4.69, 9.17) is 4.74 Å². The molecule has 0 radical (unpaired) electrons. The summed E-state index contributed by atoms with van der Waals surface area (Å²) in [6.45, 7) is 7.90. The molecule has 5 heteroatoms. The number of hydrogen-bond donors (Lipinski definition) is 1. The molecular weight excluding hydrogens is 294 g/mol. The molecular formula is C13H20BrN3O. The fourth-order valence-electron chi connectivity index (χ4n) is 2.06. The third kappa shape index (κ3) is 4.65. The molecule has 1 fully saturated rings. The Labute approximate surface area is 117 Å². The molecule has 2 rings (SSSR count). The number of aromatic nitrogens is 1. The van der Waals surface area contributed by atoms with Gasteiger partial charge in [0.15, 0.2) is 0 Å². The second kappa shape index (κ2) is 7.19. The van der Waals surface area contributed by atoms with Crippen LogP contribution in [0, 0.1) is 0 Å². The van der Waals surface area contributed by atoms with E-state index in [2.05, 4.69) is 38.1 Å². The van der Waals surface area contributed by atoms with Crippen LogP contribution in [0.3, 0.4) is 0 Å². The smallest absolute Gasteiger partial charge is 0.106 e. The first-order chi connectivity index (χ1) is 8.74. The Morgan fingerprint density at radius 2 is 2.22 bits per heavy atom. The number of morpholine rings is 1. The highest BCUT2D eigenvalue weighted by Gasteiger charge is 2.13. The molecule has 1 saturated heterocycles. The van der Waals surface area contributed by atoms with Crippen molar-refractivity contribution < 1.29 is 4.74 Å². The largest absolute Gasteiger partial charge is 0.379 e. The molecule has 1 N–H and O–H groups in total. The summed E-state index contributed by atoms with van der Waals surface area (Å²) in [5.41, 5.74) is 1.07. The first-order valence-electron chi connectivity index (χ1n) is 6.39. The molecule has 0 bridgehead atoms. The fourth-order valence-corrected chi connectivity index (χ4v) is 2.44. The molecule has 1 aromatic rings. The molecule has 1 unspecified atom stereocenters. The minimum atomic E-state index is 0.462. The van der Waals surface area contributed by atoms with Gasteiger partial charge in [0.05, 0.1) is 18.9 Å². The van der Waals surface area contributed by atoms with Gasteiger partial charge in [-0.25, -0.2) is 4.98 Å². The summed E-state index contributed by atoms with van der Waals surface area (Å²) >= 11 is 3.39. The van der Waals surface area contributed by atoms with E-state index in [1.165, 1.54) is 0 Å². The molecule has 0 spiro atoms. The van der Waals surface area contributed by atoms with Crippen LogP contribution in [0.2, 0.25) is 0 Å². The Morgan fingerprint density at radius 1 is 1.44 bits per heavy atom. The predicted molar refractivity (Wildman–Crippen MR) is 75.5 cm³/mol. The van der Waals surface area contributed by atoms with Gasteiger partial charge in [-0.1, -0.05) is 6.07 Å². The highest BCUT2D eigenvalue weighted by atomic mass is 79.9. The Hall–Kier alpha value is -0.490. The molecule has 1 atom stereocenters. The Balaban J connectivity index is 1.72. The first-order valence-corrected chi connectivity index (χ1v) is 7.18. The van der Waals surface area contributed by atoms with Gasteiger partial charge in [0, 0.05) is 32.2 Å². The zero-order chi connectivity index (χ0) is 12.8. The van der Waals surface area contributed by atoms with Gasteiger partial charge in [0.25, 0.3) is 0 Å². The molecule has 2 heterocycles. The van der Waals surface area contributed by atoms with Crippen molar-refractivity contribution >= 4 is 15.9 Å². The minimum Gasteiger partial charge on any atom is -0.379 e. The summed E-state index contributed by atoms with van der Waals surface area (Å²) < 4.78 is 6.24. The van der Waals surface area contributed by atoms with Crippen LogP contribution in [0.25, 0.3) is 0 Å². The number of nitrogens with zero attached hydrogens (tertiary/aromatic N) is 2. The van der Waals surface area contributed by atoms with Crippen molar-refractivity contribution in [3.63, 3.8) is 0 Å². The zero-order valence-electron chi connectivity index (χ0n) is 10.7. The van der Waals surface area contributed by atoms with Crippen LogP contribution in [0.1, 0.15) is 12.6 Å². The molecule has 1 aromatic heterocycles. The van der Waals surface area contributed by atoms with Crippen molar-refractivity contribution in [3.8, 4) is 0 Å². The average molecular weight is 314 g/mol. The minimum absolute atomic E-state index is 0.462. The van der Waals surface area contributed by atoms with E-state index in [-0.39, 0.29) is 0 Å². The number of ether oxygens (including phenoxy) is 1. The second-order valence-electron chi connectivity index (χ2n) is 4.65. The number of nitrogens with one attached hydrogen (secondary N) is 1. The lowest BCUT2D eigenvalue weighted by molar-refractivity contribution is 0.0343. The van der Waals surface area contributed by atoms with Crippen LogP contribution >= 0.6 is 15.9 Å². The molecule has 18 heavy (non-hydrogen) atoms. The number of rotatable bonds is 5. The SMILES string of the molecule is CC(CN1CCOCC1)NCc1cccc(Br)n1. The quantitative estimate of drug-likeness (QED) is 0.839. The maximum Gasteiger partial charge on any atom is 0.106 e. The maximum atomic E-state index is 5.35. The summed E-state index contributed by atoms with van der Waals surface area (Å²) in [4.78, 5) is 6.85. The summed E-state index contributed by atoms with van der Waals surface area (Å²) in [6.07, 6.45) is 0. The lowest BCUT2D eigenvalue weighted by Gasteiger charge is -2.29. The summed E-state index contributed by atoms with van der Waals surface area (Å²) in [6, 6.07) is 6.46. The highest BCUT2D eigenvalue weighted by molar-refractivity contribution is 9.10. The van der Waals surface area contributed by atoms with E-state index in [0.717, 1.165) is 49.7 Å². The molecule has 100 valence electrons. The number of pyridine rings is 1.